The summed E-state index contributed by atoms with van der Waals surface area (Å²) in [7, 11) is 0. The van der Waals surface area contributed by atoms with Gasteiger partial charge >= 0.3 is 0 Å². The second-order valence-electron chi connectivity index (χ2n) is 5.94. The smallest absolute Gasteiger partial charge is 0.109 e. The Morgan fingerprint density at radius 2 is 2.11 bits per heavy atom. The zero-order valence-electron chi connectivity index (χ0n) is 12.1. The standard InChI is InChI=1S/C15H24BrN3/c1-11(2)10-19-6-4-13(5-7-19)18-14-8-12(3)15(16)17-9-14/h8-9,11,13,18H,4-7,10H2,1-3H3. The fourth-order valence-electron chi connectivity index (χ4n) is 2.65. The molecular formula is C15H24BrN3. The number of piperidine rings is 1. The summed E-state index contributed by atoms with van der Waals surface area (Å²) in [6, 6.07) is 2.75. The molecule has 1 N–H and O–H groups in total. The third-order valence-corrected chi connectivity index (χ3v) is 4.43. The highest BCUT2D eigenvalue weighted by Crippen LogP contribution is 2.20. The zero-order chi connectivity index (χ0) is 13.8. The van der Waals surface area contributed by atoms with Gasteiger partial charge in [0, 0.05) is 25.7 Å². The maximum atomic E-state index is 4.34. The van der Waals surface area contributed by atoms with E-state index in [1.54, 1.807) is 0 Å². The maximum absolute atomic E-state index is 4.34. The molecule has 0 atom stereocenters. The molecule has 1 aliphatic heterocycles. The highest BCUT2D eigenvalue weighted by Gasteiger charge is 2.19. The Balaban J connectivity index is 1.83. The fourth-order valence-corrected chi connectivity index (χ4v) is 2.87. The minimum atomic E-state index is 0.589. The van der Waals surface area contributed by atoms with Gasteiger partial charge in [-0.15, -0.1) is 0 Å². The second-order valence-corrected chi connectivity index (χ2v) is 6.70. The average Bonchev–Trinajstić information content (AvgIpc) is 2.36. The summed E-state index contributed by atoms with van der Waals surface area (Å²) in [5.74, 6) is 0.767. The van der Waals surface area contributed by atoms with Gasteiger partial charge in [-0.25, -0.2) is 4.98 Å². The molecule has 4 heteroatoms. The summed E-state index contributed by atoms with van der Waals surface area (Å²) in [4.78, 5) is 6.92. The van der Waals surface area contributed by atoms with Gasteiger partial charge in [0.1, 0.15) is 4.60 Å². The van der Waals surface area contributed by atoms with E-state index in [0.29, 0.717) is 6.04 Å². The number of nitrogens with one attached hydrogen (secondary N) is 1. The van der Waals surface area contributed by atoms with E-state index in [-0.39, 0.29) is 0 Å². The van der Waals surface area contributed by atoms with Gasteiger partial charge < -0.3 is 10.2 Å². The molecule has 1 aliphatic rings. The molecule has 0 aliphatic carbocycles. The number of pyridine rings is 1. The molecule has 0 spiro atoms. The van der Waals surface area contributed by atoms with Crippen LogP contribution < -0.4 is 5.32 Å². The van der Waals surface area contributed by atoms with E-state index >= 15 is 0 Å². The van der Waals surface area contributed by atoms with Crippen LogP contribution in [0.15, 0.2) is 16.9 Å². The minimum Gasteiger partial charge on any atom is -0.381 e. The van der Waals surface area contributed by atoms with Crippen LogP contribution in [0.1, 0.15) is 32.3 Å². The Hall–Kier alpha value is -0.610. The Morgan fingerprint density at radius 1 is 1.42 bits per heavy atom. The molecule has 1 aromatic rings. The van der Waals surface area contributed by atoms with Crippen LogP contribution in [0.2, 0.25) is 0 Å². The average molecular weight is 326 g/mol. The molecule has 1 aromatic heterocycles. The molecule has 0 aromatic carbocycles. The first kappa shape index (κ1) is 14.8. The van der Waals surface area contributed by atoms with Crippen LogP contribution in [-0.4, -0.2) is 35.6 Å². The number of anilines is 1. The van der Waals surface area contributed by atoms with E-state index in [0.717, 1.165) is 16.2 Å². The molecule has 0 saturated carbocycles. The first-order chi connectivity index (χ1) is 9.04. The number of rotatable bonds is 4. The number of likely N-dealkylation sites (tertiary alicyclic amines) is 1. The lowest BCUT2D eigenvalue weighted by Crippen LogP contribution is -2.40. The van der Waals surface area contributed by atoms with Crippen LogP contribution in [0.25, 0.3) is 0 Å². The summed E-state index contributed by atoms with van der Waals surface area (Å²) in [5, 5.41) is 3.61. The lowest BCUT2D eigenvalue weighted by molar-refractivity contribution is 0.198. The minimum absolute atomic E-state index is 0.589. The van der Waals surface area contributed by atoms with Gasteiger partial charge in [0.25, 0.3) is 0 Å². The molecule has 1 saturated heterocycles. The number of nitrogens with zero attached hydrogens (tertiary/aromatic N) is 2. The van der Waals surface area contributed by atoms with Crippen LogP contribution in [-0.2, 0) is 0 Å². The number of aryl methyl sites for hydroxylation is 1. The largest absolute Gasteiger partial charge is 0.381 e. The van der Waals surface area contributed by atoms with Crippen molar-refractivity contribution in [3.63, 3.8) is 0 Å². The summed E-state index contributed by atoms with van der Waals surface area (Å²) in [6.07, 6.45) is 4.36. The third-order valence-electron chi connectivity index (χ3n) is 3.60. The van der Waals surface area contributed by atoms with Gasteiger partial charge in [-0.05, 0) is 53.2 Å². The van der Waals surface area contributed by atoms with Gasteiger partial charge in [0.15, 0.2) is 0 Å². The van der Waals surface area contributed by atoms with E-state index in [1.165, 1.54) is 38.0 Å². The lowest BCUT2D eigenvalue weighted by atomic mass is 10.0. The Labute approximate surface area is 124 Å². The third kappa shape index (κ3) is 4.46. The molecule has 2 heterocycles. The number of halogens is 1. The molecular weight excluding hydrogens is 302 g/mol. The highest BCUT2D eigenvalue weighted by molar-refractivity contribution is 9.10. The van der Waals surface area contributed by atoms with Crippen molar-refractivity contribution < 1.29 is 0 Å². The summed E-state index contributed by atoms with van der Waals surface area (Å²) in [5.41, 5.74) is 2.32. The molecule has 3 nitrogen and oxygen atoms in total. The fraction of sp³-hybridized carbons (Fsp3) is 0.667. The summed E-state index contributed by atoms with van der Waals surface area (Å²) in [6.45, 7) is 10.3. The molecule has 0 bridgehead atoms. The topological polar surface area (TPSA) is 28.2 Å². The first-order valence-corrected chi connectivity index (χ1v) is 7.95. The van der Waals surface area contributed by atoms with Gasteiger partial charge in [-0.2, -0.15) is 0 Å². The summed E-state index contributed by atoms with van der Waals surface area (Å²) < 4.78 is 0.935. The van der Waals surface area contributed by atoms with E-state index < -0.39 is 0 Å². The normalized spacial score (nSPS) is 17.9. The summed E-state index contributed by atoms with van der Waals surface area (Å²) >= 11 is 3.44. The Kier molecular flexibility index (Phi) is 5.22. The van der Waals surface area contributed by atoms with E-state index in [9.17, 15) is 0 Å². The van der Waals surface area contributed by atoms with Gasteiger partial charge in [0.05, 0.1) is 11.9 Å². The number of aromatic nitrogens is 1. The molecule has 2 rings (SSSR count). The van der Waals surface area contributed by atoms with Crippen LogP contribution in [0.3, 0.4) is 0 Å². The SMILES string of the molecule is Cc1cc(NC2CCN(CC(C)C)CC2)cnc1Br. The van der Waals surface area contributed by atoms with Gasteiger partial charge in [0.2, 0.25) is 0 Å². The predicted octanol–water partition coefficient (Wildman–Crippen LogP) is 3.68. The highest BCUT2D eigenvalue weighted by atomic mass is 79.9. The van der Waals surface area contributed by atoms with E-state index in [2.05, 4.69) is 58.0 Å². The molecule has 0 unspecified atom stereocenters. The Morgan fingerprint density at radius 3 is 2.68 bits per heavy atom. The van der Waals surface area contributed by atoms with Gasteiger partial charge in [-0.1, -0.05) is 13.8 Å². The molecule has 1 fully saturated rings. The van der Waals surface area contributed by atoms with Crippen molar-refractivity contribution in [1.82, 2.24) is 9.88 Å². The van der Waals surface area contributed by atoms with Crippen LogP contribution >= 0.6 is 15.9 Å². The zero-order valence-corrected chi connectivity index (χ0v) is 13.7. The van der Waals surface area contributed by atoms with E-state index in [1.807, 2.05) is 6.20 Å². The van der Waals surface area contributed by atoms with Crippen LogP contribution in [0.5, 0.6) is 0 Å². The van der Waals surface area contributed by atoms with Crippen molar-refractivity contribution in [2.24, 2.45) is 5.92 Å². The quantitative estimate of drug-likeness (QED) is 0.856. The van der Waals surface area contributed by atoms with Crippen LogP contribution in [0.4, 0.5) is 5.69 Å². The number of hydrogen-bond acceptors (Lipinski definition) is 3. The van der Waals surface area contributed by atoms with Gasteiger partial charge in [-0.3, -0.25) is 0 Å². The number of hydrogen-bond donors (Lipinski definition) is 1. The molecule has 106 valence electrons. The maximum Gasteiger partial charge on any atom is 0.109 e. The second kappa shape index (κ2) is 6.71. The first-order valence-electron chi connectivity index (χ1n) is 7.15. The van der Waals surface area contributed by atoms with Crippen molar-refractivity contribution in [2.75, 3.05) is 25.0 Å². The van der Waals surface area contributed by atoms with Crippen molar-refractivity contribution in [2.45, 2.75) is 39.7 Å². The van der Waals surface area contributed by atoms with Crippen molar-refractivity contribution in [1.29, 1.82) is 0 Å². The van der Waals surface area contributed by atoms with Crippen molar-refractivity contribution >= 4 is 21.6 Å². The predicted molar refractivity (Wildman–Crippen MR) is 84.6 cm³/mol. The van der Waals surface area contributed by atoms with Crippen LogP contribution in [0, 0.1) is 12.8 Å². The van der Waals surface area contributed by atoms with Crippen molar-refractivity contribution in [3.05, 3.63) is 22.4 Å². The monoisotopic (exact) mass is 325 g/mol. The molecule has 19 heavy (non-hydrogen) atoms. The lowest BCUT2D eigenvalue weighted by Gasteiger charge is -2.33. The molecule has 0 amide bonds. The Bertz CT molecular complexity index is 412. The van der Waals surface area contributed by atoms with E-state index in [4.69, 9.17) is 0 Å². The van der Waals surface area contributed by atoms with Crippen molar-refractivity contribution in [3.8, 4) is 0 Å². The molecule has 0 radical (unpaired) electrons.